The summed E-state index contributed by atoms with van der Waals surface area (Å²) in [4.78, 5) is 39.3. The number of benzene rings is 1. The summed E-state index contributed by atoms with van der Waals surface area (Å²) < 4.78 is 0. The summed E-state index contributed by atoms with van der Waals surface area (Å²) in [6, 6.07) is 5.69. The van der Waals surface area contributed by atoms with Crippen molar-refractivity contribution in [3.05, 3.63) is 39.9 Å². The molecule has 2 amide bonds. The third-order valence-electron chi connectivity index (χ3n) is 5.37. The first-order valence-electron chi connectivity index (χ1n) is 9.39. The van der Waals surface area contributed by atoms with Gasteiger partial charge in [-0.25, -0.2) is 0 Å². The van der Waals surface area contributed by atoms with Gasteiger partial charge in [-0.1, -0.05) is 12.8 Å². The van der Waals surface area contributed by atoms with Crippen molar-refractivity contribution in [2.24, 2.45) is 5.92 Å². The van der Waals surface area contributed by atoms with Gasteiger partial charge in [0, 0.05) is 49.8 Å². The number of piperidine rings is 1. The van der Waals surface area contributed by atoms with Gasteiger partial charge in [-0.2, -0.15) is 0 Å². The predicted molar refractivity (Wildman–Crippen MR) is 96.8 cm³/mol. The standard InChI is InChI=1S/C19H25N3O4/c23-18(15-5-7-17(8-6-15)22(25)26)21-13-9-16(10-14-21)19(24)20-11-3-1-2-4-12-20/h5-8,16H,1-4,9-14H2. The molecular weight excluding hydrogens is 334 g/mol. The van der Waals surface area contributed by atoms with E-state index >= 15 is 0 Å². The molecule has 0 radical (unpaired) electrons. The highest BCUT2D eigenvalue weighted by molar-refractivity contribution is 5.94. The molecule has 0 bridgehead atoms. The summed E-state index contributed by atoms with van der Waals surface area (Å²) in [7, 11) is 0. The first-order valence-corrected chi connectivity index (χ1v) is 9.39. The number of amides is 2. The van der Waals surface area contributed by atoms with Gasteiger partial charge >= 0.3 is 0 Å². The third-order valence-corrected chi connectivity index (χ3v) is 5.37. The Hall–Kier alpha value is -2.44. The van der Waals surface area contributed by atoms with Crippen molar-refractivity contribution in [2.75, 3.05) is 26.2 Å². The summed E-state index contributed by atoms with van der Waals surface area (Å²) in [5, 5.41) is 10.7. The van der Waals surface area contributed by atoms with E-state index < -0.39 is 4.92 Å². The minimum atomic E-state index is -0.478. The molecule has 2 fully saturated rings. The van der Waals surface area contributed by atoms with Gasteiger partial charge in [0.1, 0.15) is 0 Å². The summed E-state index contributed by atoms with van der Waals surface area (Å²) in [5.74, 6) is 0.129. The molecule has 0 N–H and O–H groups in total. The summed E-state index contributed by atoms with van der Waals surface area (Å²) in [6.45, 7) is 2.84. The predicted octanol–water partition coefficient (Wildman–Crippen LogP) is 2.85. The maximum atomic E-state index is 12.7. The highest BCUT2D eigenvalue weighted by Crippen LogP contribution is 2.23. The van der Waals surface area contributed by atoms with Crippen LogP contribution in [0.4, 0.5) is 5.69 Å². The highest BCUT2D eigenvalue weighted by atomic mass is 16.6. The fraction of sp³-hybridized carbons (Fsp3) is 0.579. The SMILES string of the molecule is O=C(c1ccc([N+](=O)[O-])cc1)N1CCC(C(=O)N2CCCCCC2)CC1. The fourth-order valence-corrected chi connectivity index (χ4v) is 3.79. The van der Waals surface area contributed by atoms with Gasteiger partial charge in [-0.15, -0.1) is 0 Å². The van der Waals surface area contributed by atoms with Gasteiger partial charge in [0.25, 0.3) is 11.6 Å². The van der Waals surface area contributed by atoms with Gasteiger partial charge in [0.05, 0.1) is 4.92 Å². The Morgan fingerprint density at radius 3 is 2.00 bits per heavy atom. The Balaban J connectivity index is 1.54. The van der Waals surface area contributed by atoms with Crippen molar-refractivity contribution in [1.82, 2.24) is 9.80 Å². The molecule has 0 atom stereocenters. The van der Waals surface area contributed by atoms with Crippen LogP contribution in [-0.2, 0) is 4.79 Å². The van der Waals surface area contributed by atoms with Crippen molar-refractivity contribution in [1.29, 1.82) is 0 Å². The zero-order chi connectivity index (χ0) is 18.5. The topological polar surface area (TPSA) is 83.8 Å². The summed E-state index contributed by atoms with van der Waals surface area (Å²) >= 11 is 0. The fourth-order valence-electron chi connectivity index (χ4n) is 3.79. The Labute approximate surface area is 153 Å². The van der Waals surface area contributed by atoms with Crippen molar-refractivity contribution < 1.29 is 14.5 Å². The number of nitro benzene ring substituents is 1. The number of likely N-dealkylation sites (tertiary alicyclic amines) is 2. The van der Waals surface area contributed by atoms with Crippen LogP contribution in [0.25, 0.3) is 0 Å². The molecular formula is C19H25N3O4. The van der Waals surface area contributed by atoms with Crippen molar-refractivity contribution >= 4 is 17.5 Å². The molecule has 0 aliphatic carbocycles. The number of rotatable bonds is 3. The summed E-state index contributed by atoms with van der Waals surface area (Å²) in [6.07, 6.45) is 5.95. The van der Waals surface area contributed by atoms with Crippen molar-refractivity contribution in [2.45, 2.75) is 38.5 Å². The second-order valence-electron chi connectivity index (χ2n) is 7.11. The monoisotopic (exact) mass is 359 g/mol. The molecule has 0 saturated carbocycles. The molecule has 2 aliphatic heterocycles. The average Bonchev–Trinajstić information content (AvgIpc) is 2.96. The molecule has 2 saturated heterocycles. The lowest BCUT2D eigenvalue weighted by molar-refractivity contribution is -0.384. The van der Waals surface area contributed by atoms with E-state index in [1.165, 1.54) is 37.1 Å². The van der Waals surface area contributed by atoms with Gasteiger partial charge in [0.2, 0.25) is 5.91 Å². The van der Waals surface area contributed by atoms with E-state index in [-0.39, 0.29) is 23.4 Å². The van der Waals surface area contributed by atoms with E-state index in [1.807, 2.05) is 4.90 Å². The summed E-state index contributed by atoms with van der Waals surface area (Å²) in [5.41, 5.74) is 0.427. The molecule has 0 spiro atoms. The van der Waals surface area contributed by atoms with E-state index in [9.17, 15) is 19.7 Å². The number of non-ortho nitro benzene ring substituents is 1. The molecule has 0 unspecified atom stereocenters. The maximum Gasteiger partial charge on any atom is 0.269 e. The molecule has 2 heterocycles. The number of hydrogen-bond acceptors (Lipinski definition) is 4. The molecule has 1 aromatic carbocycles. The lowest BCUT2D eigenvalue weighted by Gasteiger charge is -2.34. The zero-order valence-electron chi connectivity index (χ0n) is 14.9. The van der Waals surface area contributed by atoms with E-state index in [4.69, 9.17) is 0 Å². The van der Waals surface area contributed by atoms with E-state index in [1.54, 1.807) is 4.90 Å². The molecule has 7 nitrogen and oxygen atoms in total. The van der Waals surface area contributed by atoms with Crippen LogP contribution in [0.1, 0.15) is 48.9 Å². The number of nitrogens with zero attached hydrogens (tertiary/aromatic N) is 3. The van der Waals surface area contributed by atoms with E-state index in [2.05, 4.69) is 0 Å². The third kappa shape index (κ3) is 4.20. The molecule has 140 valence electrons. The Morgan fingerprint density at radius 2 is 1.46 bits per heavy atom. The Kier molecular flexibility index (Phi) is 5.85. The van der Waals surface area contributed by atoms with Crippen LogP contribution >= 0.6 is 0 Å². The van der Waals surface area contributed by atoms with Crippen LogP contribution in [0.3, 0.4) is 0 Å². The minimum Gasteiger partial charge on any atom is -0.342 e. The normalized spacial score (nSPS) is 19.1. The van der Waals surface area contributed by atoms with Gasteiger partial charge in [-0.05, 0) is 37.8 Å². The Morgan fingerprint density at radius 1 is 0.885 bits per heavy atom. The lowest BCUT2D eigenvalue weighted by atomic mass is 9.94. The van der Waals surface area contributed by atoms with Crippen molar-refractivity contribution in [3.8, 4) is 0 Å². The van der Waals surface area contributed by atoms with Gasteiger partial charge < -0.3 is 9.80 Å². The maximum absolute atomic E-state index is 12.7. The molecule has 26 heavy (non-hydrogen) atoms. The molecule has 3 rings (SSSR count). The van der Waals surface area contributed by atoms with Crippen LogP contribution in [0.15, 0.2) is 24.3 Å². The smallest absolute Gasteiger partial charge is 0.269 e. The molecule has 1 aromatic rings. The van der Waals surface area contributed by atoms with E-state index in [0.29, 0.717) is 31.5 Å². The number of nitro groups is 1. The quantitative estimate of drug-likeness (QED) is 0.614. The van der Waals surface area contributed by atoms with Crippen LogP contribution in [-0.4, -0.2) is 52.7 Å². The highest BCUT2D eigenvalue weighted by Gasteiger charge is 2.30. The van der Waals surface area contributed by atoms with E-state index in [0.717, 1.165) is 25.9 Å². The zero-order valence-corrected chi connectivity index (χ0v) is 14.9. The minimum absolute atomic E-state index is 0.00834. The van der Waals surface area contributed by atoms with Crippen LogP contribution < -0.4 is 0 Å². The lowest BCUT2D eigenvalue weighted by Crippen LogP contribution is -2.44. The van der Waals surface area contributed by atoms with Crippen LogP contribution in [0.2, 0.25) is 0 Å². The second-order valence-corrected chi connectivity index (χ2v) is 7.11. The number of hydrogen-bond donors (Lipinski definition) is 0. The van der Waals surface area contributed by atoms with Gasteiger partial charge in [-0.3, -0.25) is 19.7 Å². The largest absolute Gasteiger partial charge is 0.342 e. The van der Waals surface area contributed by atoms with Crippen LogP contribution in [0.5, 0.6) is 0 Å². The van der Waals surface area contributed by atoms with Crippen LogP contribution in [0, 0.1) is 16.0 Å². The van der Waals surface area contributed by atoms with Gasteiger partial charge in [0.15, 0.2) is 0 Å². The first-order chi connectivity index (χ1) is 12.6. The number of carbonyl (C=O) groups is 2. The Bertz CT molecular complexity index is 658. The van der Waals surface area contributed by atoms with Crippen molar-refractivity contribution in [3.63, 3.8) is 0 Å². The average molecular weight is 359 g/mol. The molecule has 0 aromatic heterocycles. The first kappa shape index (κ1) is 18.4. The number of carbonyl (C=O) groups excluding carboxylic acids is 2. The second kappa shape index (κ2) is 8.29. The molecule has 2 aliphatic rings. The molecule has 7 heteroatoms.